The predicted molar refractivity (Wildman–Crippen MR) is 90.2 cm³/mol. The van der Waals surface area contributed by atoms with Gasteiger partial charge in [0.15, 0.2) is 0 Å². The smallest absolute Gasteiger partial charge is 0.316 e. The number of rotatable bonds is 6. The molecule has 7 nitrogen and oxygen atoms in total. The third-order valence-corrected chi connectivity index (χ3v) is 3.38. The van der Waals surface area contributed by atoms with Crippen molar-refractivity contribution in [1.29, 1.82) is 0 Å². The van der Waals surface area contributed by atoms with Gasteiger partial charge in [0.1, 0.15) is 11.5 Å². The van der Waals surface area contributed by atoms with E-state index in [4.69, 9.17) is 14.2 Å². The van der Waals surface area contributed by atoms with Crippen LogP contribution < -0.4 is 19.5 Å². The lowest BCUT2D eigenvalue weighted by atomic mass is 10.1. The molecule has 0 aliphatic rings. The minimum atomic E-state index is -0.300. The SMILES string of the molecule is CCOc1nc(C)c(NC(=O)c2cc(OC)cc(OC)c2)c(C)n1. The van der Waals surface area contributed by atoms with Gasteiger partial charge in [0.05, 0.1) is 37.9 Å². The van der Waals surface area contributed by atoms with Gasteiger partial charge in [-0.25, -0.2) is 0 Å². The Morgan fingerprint density at radius 3 is 2.04 bits per heavy atom. The van der Waals surface area contributed by atoms with Crippen molar-refractivity contribution >= 4 is 11.6 Å². The minimum Gasteiger partial charge on any atom is -0.497 e. The second kappa shape index (κ2) is 7.63. The van der Waals surface area contributed by atoms with Crippen molar-refractivity contribution in [3.63, 3.8) is 0 Å². The van der Waals surface area contributed by atoms with Crippen LogP contribution in [-0.2, 0) is 0 Å². The highest BCUT2D eigenvalue weighted by atomic mass is 16.5. The first-order chi connectivity index (χ1) is 11.5. The largest absolute Gasteiger partial charge is 0.497 e. The van der Waals surface area contributed by atoms with Gasteiger partial charge in [0.2, 0.25) is 0 Å². The van der Waals surface area contributed by atoms with Crippen molar-refractivity contribution in [1.82, 2.24) is 9.97 Å². The highest BCUT2D eigenvalue weighted by molar-refractivity contribution is 6.05. The van der Waals surface area contributed by atoms with Crippen LogP contribution in [0.15, 0.2) is 18.2 Å². The van der Waals surface area contributed by atoms with Gasteiger partial charge >= 0.3 is 6.01 Å². The fourth-order valence-corrected chi connectivity index (χ4v) is 2.18. The average molecular weight is 331 g/mol. The van der Waals surface area contributed by atoms with E-state index in [0.717, 1.165) is 0 Å². The van der Waals surface area contributed by atoms with E-state index in [1.807, 2.05) is 6.92 Å². The summed E-state index contributed by atoms with van der Waals surface area (Å²) < 4.78 is 15.7. The van der Waals surface area contributed by atoms with E-state index in [-0.39, 0.29) is 5.91 Å². The molecule has 1 N–H and O–H groups in total. The normalized spacial score (nSPS) is 10.2. The van der Waals surface area contributed by atoms with Crippen molar-refractivity contribution in [3.8, 4) is 17.5 Å². The zero-order chi connectivity index (χ0) is 17.7. The van der Waals surface area contributed by atoms with Gasteiger partial charge in [-0.3, -0.25) is 4.79 Å². The number of carbonyl (C=O) groups excluding carboxylic acids is 1. The molecule has 1 aromatic heterocycles. The van der Waals surface area contributed by atoms with Crippen LogP contribution in [0.1, 0.15) is 28.7 Å². The first kappa shape index (κ1) is 17.5. The lowest BCUT2D eigenvalue weighted by Crippen LogP contribution is -2.16. The van der Waals surface area contributed by atoms with Crippen LogP contribution in [0.3, 0.4) is 0 Å². The summed E-state index contributed by atoms with van der Waals surface area (Å²) in [4.78, 5) is 21.0. The van der Waals surface area contributed by atoms with Gasteiger partial charge in [0.25, 0.3) is 5.91 Å². The van der Waals surface area contributed by atoms with Crippen LogP contribution in [0, 0.1) is 13.8 Å². The number of benzene rings is 1. The third kappa shape index (κ3) is 3.92. The summed E-state index contributed by atoms with van der Waals surface area (Å²) in [6.45, 7) is 5.92. The monoisotopic (exact) mass is 331 g/mol. The highest BCUT2D eigenvalue weighted by Gasteiger charge is 2.15. The minimum absolute atomic E-state index is 0.300. The van der Waals surface area contributed by atoms with E-state index >= 15 is 0 Å². The fraction of sp³-hybridized carbons (Fsp3) is 0.353. The Balaban J connectivity index is 2.30. The van der Waals surface area contributed by atoms with Crippen molar-refractivity contribution in [3.05, 3.63) is 35.2 Å². The second-order valence-electron chi connectivity index (χ2n) is 5.04. The van der Waals surface area contributed by atoms with E-state index < -0.39 is 0 Å². The number of nitrogens with zero attached hydrogens (tertiary/aromatic N) is 2. The predicted octanol–water partition coefficient (Wildman–Crippen LogP) is 2.76. The molecule has 128 valence electrons. The topological polar surface area (TPSA) is 82.6 Å². The summed E-state index contributed by atoms with van der Waals surface area (Å²) >= 11 is 0. The van der Waals surface area contributed by atoms with E-state index in [1.165, 1.54) is 14.2 Å². The molecule has 0 bridgehead atoms. The van der Waals surface area contributed by atoms with Crippen molar-refractivity contribution in [2.45, 2.75) is 20.8 Å². The molecule has 24 heavy (non-hydrogen) atoms. The molecule has 1 aromatic carbocycles. The van der Waals surface area contributed by atoms with Crippen LogP contribution >= 0.6 is 0 Å². The fourth-order valence-electron chi connectivity index (χ4n) is 2.18. The molecule has 0 aliphatic carbocycles. The maximum atomic E-state index is 12.6. The summed E-state index contributed by atoms with van der Waals surface area (Å²) in [6.07, 6.45) is 0. The Morgan fingerprint density at radius 2 is 1.58 bits per heavy atom. The molecule has 0 saturated carbocycles. The van der Waals surface area contributed by atoms with E-state index in [2.05, 4.69) is 15.3 Å². The number of carbonyl (C=O) groups is 1. The molecule has 1 heterocycles. The molecule has 0 saturated heterocycles. The van der Waals surface area contributed by atoms with Crippen molar-refractivity contribution < 1.29 is 19.0 Å². The number of hydrogen-bond acceptors (Lipinski definition) is 6. The molecule has 0 spiro atoms. The number of anilines is 1. The molecule has 2 aromatic rings. The zero-order valence-corrected chi connectivity index (χ0v) is 14.5. The first-order valence-electron chi connectivity index (χ1n) is 7.51. The molecule has 1 amide bonds. The Bertz CT molecular complexity index is 701. The summed E-state index contributed by atoms with van der Waals surface area (Å²) in [7, 11) is 3.07. The number of methoxy groups -OCH3 is 2. The van der Waals surface area contributed by atoms with Gasteiger partial charge < -0.3 is 19.5 Å². The van der Waals surface area contributed by atoms with Gasteiger partial charge in [-0.1, -0.05) is 0 Å². The van der Waals surface area contributed by atoms with Gasteiger partial charge in [-0.2, -0.15) is 9.97 Å². The maximum absolute atomic E-state index is 12.6. The van der Waals surface area contributed by atoms with Crippen molar-refractivity contribution in [2.75, 3.05) is 26.1 Å². The number of aromatic nitrogens is 2. The Morgan fingerprint density at radius 1 is 1.04 bits per heavy atom. The summed E-state index contributed by atoms with van der Waals surface area (Å²) in [5.74, 6) is 0.776. The molecule has 0 unspecified atom stereocenters. The summed E-state index contributed by atoms with van der Waals surface area (Å²) in [6, 6.07) is 5.27. The second-order valence-corrected chi connectivity index (χ2v) is 5.04. The maximum Gasteiger partial charge on any atom is 0.316 e. The van der Waals surface area contributed by atoms with Gasteiger partial charge in [-0.05, 0) is 32.9 Å². The number of amides is 1. The first-order valence-corrected chi connectivity index (χ1v) is 7.51. The summed E-state index contributed by atoms with van der Waals surface area (Å²) in [5.41, 5.74) is 2.24. The molecular formula is C17H21N3O4. The quantitative estimate of drug-likeness (QED) is 0.876. The van der Waals surface area contributed by atoms with Crippen LogP contribution in [0.25, 0.3) is 0 Å². The number of aryl methyl sites for hydroxylation is 2. The Kier molecular flexibility index (Phi) is 5.57. The average Bonchev–Trinajstić information content (AvgIpc) is 2.57. The van der Waals surface area contributed by atoms with Crippen LogP contribution in [0.4, 0.5) is 5.69 Å². The molecule has 0 fully saturated rings. The van der Waals surface area contributed by atoms with E-state index in [1.54, 1.807) is 32.0 Å². The van der Waals surface area contributed by atoms with E-state index in [0.29, 0.717) is 46.8 Å². The van der Waals surface area contributed by atoms with Gasteiger partial charge in [-0.15, -0.1) is 0 Å². The summed E-state index contributed by atoms with van der Waals surface area (Å²) in [5, 5.41) is 2.84. The number of ether oxygens (including phenoxy) is 3. The molecule has 7 heteroatoms. The van der Waals surface area contributed by atoms with Crippen LogP contribution in [0.5, 0.6) is 17.5 Å². The lowest BCUT2D eigenvalue weighted by Gasteiger charge is -2.13. The standard InChI is InChI=1S/C17H21N3O4/c1-6-24-17-18-10(2)15(11(3)19-17)20-16(21)12-7-13(22-4)9-14(8-12)23-5/h7-9H,6H2,1-5H3,(H,20,21). The lowest BCUT2D eigenvalue weighted by molar-refractivity contribution is 0.102. The Labute approximate surface area is 141 Å². The molecule has 0 atom stereocenters. The Hall–Kier alpha value is -2.83. The molecule has 2 rings (SSSR count). The number of nitrogens with one attached hydrogen (secondary N) is 1. The molecular weight excluding hydrogens is 310 g/mol. The number of hydrogen-bond donors (Lipinski definition) is 1. The van der Waals surface area contributed by atoms with Crippen LogP contribution in [-0.4, -0.2) is 36.7 Å². The zero-order valence-electron chi connectivity index (χ0n) is 14.5. The van der Waals surface area contributed by atoms with Crippen molar-refractivity contribution in [2.24, 2.45) is 0 Å². The van der Waals surface area contributed by atoms with Gasteiger partial charge in [0, 0.05) is 11.6 Å². The highest BCUT2D eigenvalue weighted by Crippen LogP contribution is 2.25. The third-order valence-electron chi connectivity index (χ3n) is 3.38. The molecule has 0 aliphatic heterocycles. The molecule has 0 radical (unpaired) electrons. The van der Waals surface area contributed by atoms with E-state index in [9.17, 15) is 4.79 Å². The van der Waals surface area contributed by atoms with Crippen LogP contribution in [0.2, 0.25) is 0 Å².